The van der Waals surface area contributed by atoms with Gasteiger partial charge in [0, 0.05) is 6.42 Å². The van der Waals surface area contributed by atoms with Crippen molar-refractivity contribution in [1.29, 1.82) is 0 Å². The van der Waals surface area contributed by atoms with Gasteiger partial charge in [-0.05, 0) is 0 Å². The molecule has 1 atom stereocenters. The van der Waals surface area contributed by atoms with Crippen molar-refractivity contribution in [2.24, 2.45) is 0 Å². The maximum Gasteiger partial charge on any atom is 0.334 e. The Bertz CT molecular complexity index is 179. The topological polar surface area (TPSA) is 75.6 Å². The first kappa shape index (κ1) is 8.00. The maximum atomic E-state index is 10.7. The second-order valence-electron chi connectivity index (χ2n) is 2.25. The Morgan fingerprint density at radius 3 is 3.09 bits per heavy atom. The molecular formula is C6H9NO4. The lowest BCUT2D eigenvalue weighted by Gasteiger charge is -2.07. The molecule has 1 fully saturated rings. The van der Waals surface area contributed by atoms with Gasteiger partial charge >= 0.3 is 5.97 Å². The lowest BCUT2D eigenvalue weighted by Crippen LogP contribution is -2.34. The minimum absolute atomic E-state index is 0.0637. The van der Waals surface area contributed by atoms with Gasteiger partial charge in [-0.1, -0.05) is 0 Å². The summed E-state index contributed by atoms with van der Waals surface area (Å²) in [7, 11) is 0. The number of rotatable bonds is 1. The number of hydrogen-bond donors (Lipinski definition) is 2. The zero-order valence-electron chi connectivity index (χ0n) is 5.87. The van der Waals surface area contributed by atoms with Crippen LogP contribution in [0.1, 0.15) is 6.42 Å². The monoisotopic (exact) mass is 159 g/mol. The summed E-state index contributed by atoms with van der Waals surface area (Å²) in [6, 6.07) is 0. The molecule has 0 aromatic rings. The summed E-state index contributed by atoms with van der Waals surface area (Å²) in [4.78, 5) is 21.0. The fraction of sp³-hybridized carbons (Fsp3) is 0.667. The van der Waals surface area contributed by atoms with E-state index in [1.54, 1.807) is 0 Å². The summed E-state index contributed by atoms with van der Waals surface area (Å²) in [6.45, 7) is 0.247. The lowest BCUT2D eigenvalue weighted by atomic mass is 10.3. The predicted octanol–water partition coefficient (Wildman–Crippen LogP) is -1.02. The van der Waals surface area contributed by atoms with Crippen LogP contribution in [0.3, 0.4) is 0 Å². The fourth-order valence-corrected chi connectivity index (χ4v) is 0.806. The second kappa shape index (κ2) is 3.34. The van der Waals surface area contributed by atoms with Gasteiger partial charge in [-0.25, -0.2) is 4.79 Å². The van der Waals surface area contributed by atoms with Crippen LogP contribution in [0.2, 0.25) is 0 Å². The first-order valence-electron chi connectivity index (χ1n) is 3.31. The molecule has 11 heavy (non-hydrogen) atoms. The minimum Gasteiger partial charge on any atom is -0.479 e. The third kappa shape index (κ3) is 2.19. The Labute approximate surface area is 63.3 Å². The van der Waals surface area contributed by atoms with Crippen LogP contribution in [0.25, 0.3) is 0 Å². The Morgan fingerprint density at radius 1 is 1.73 bits per heavy atom. The Kier molecular flexibility index (Phi) is 2.43. The third-order valence-electron chi connectivity index (χ3n) is 1.41. The van der Waals surface area contributed by atoms with Crippen LogP contribution in [0.5, 0.6) is 0 Å². The number of carboxylic acids is 1. The van der Waals surface area contributed by atoms with Gasteiger partial charge in [-0.3, -0.25) is 4.79 Å². The fourth-order valence-electron chi connectivity index (χ4n) is 0.806. The first-order valence-corrected chi connectivity index (χ1v) is 3.31. The van der Waals surface area contributed by atoms with Crippen LogP contribution in [0, 0.1) is 0 Å². The van der Waals surface area contributed by atoms with E-state index in [1.165, 1.54) is 0 Å². The van der Waals surface area contributed by atoms with Crippen molar-refractivity contribution in [1.82, 2.24) is 5.32 Å². The second-order valence-corrected chi connectivity index (χ2v) is 2.25. The van der Waals surface area contributed by atoms with Gasteiger partial charge in [-0.2, -0.15) is 0 Å². The number of nitrogens with one attached hydrogen (secondary N) is 1. The molecule has 5 nitrogen and oxygen atoms in total. The van der Waals surface area contributed by atoms with Crippen LogP contribution < -0.4 is 5.32 Å². The lowest BCUT2D eigenvalue weighted by molar-refractivity contribution is -0.149. The van der Waals surface area contributed by atoms with Crippen molar-refractivity contribution in [2.75, 3.05) is 13.2 Å². The summed E-state index contributed by atoms with van der Waals surface area (Å²) >= 11 is 0. The zero-order valence-corrected chi connectivity index (χ0v) is 5.87. The molecule has 2 N–H and O–H groups in total. The van der Waals surface area contributed by atoms with Gasteiger partial charge in [0.1, 0.15) is 0 Å². The molecule has 0 aromatic carbocycles. The summed E-state index contributed by atoms with van der Waals surface area (Å²) < 4.78 is 4.85. The molecule has 1 saturated heterocycles. The number of carbonyl (C=O) groups is 2. The molecule has 0 spiro atoms. The number of hydrogen-bond acceptors (Lipinski definition) is 3. The normalized spacial score (nSPS) is 25.5. The van der Waals surface area contributed by atoms with Gasteiger partial charge in [0.25, 0.3) is 0 Å². The molecule has 0 bridgehead atoms. The molecule has 62 valence electrons. The highest BCUT2D eigenvalue weighted by molar-refractivity contribution is 5.78. The molecule has 1 amide bonds. The minimum atomic E-state index is -1.03. The molecule has 1 heterocycles. The van der Waals surface area contributed by atoms with E-state index in [0.29, 0.717) is 0 Å². The molecule has 5 heteroatoms. The van der Waals surface area contributed by atoms with Gasteiger partial charge in [0.15, 0.2) is 6.10 Å². The van der Waals surface area contributed by atoms with Gasteiger partial charge in [-0.15, -0.1) is 0 Å². The smallest absolute Gasteiger partial charge is 0.334 e. The zero-order chi connectivity index (χ0) is 8.27. The summed E-state index contributed by atoms with van der Waals surface area (Å²) in [6.07, 6.45) is -0.648. The Morgan fingerprint density at radius 2 is 2.45 bits per heavy atom. The highest BCUT2D eigenvalue weighted by Crippen LogP contribution is 1.97. The van der Waals surface area contributed by atoms with E-state index >= 15 is 0 Å². The van der Waals surface area contributed by atoms with Gasteiger partial charge in [0.05, 0.1) is 13.2 Å². The van der Waals surface area contributed by atoms with Crippen molar-refractivity contribution < 1.29 is 19.4 Å². The standard InChI is InChI=1S/C6H9NO4/c8-5-1-2-11-4(3-7-5)6(9)10/h4H,1-3H2,(H,7,8)(H,9,10)/t4-/m0/s1. The quantitative estimate of drug-likeness (QED) is 0.513. The number of carboxylic acid groups (broad SMARTS) is 1. The predicted molar refractivity (Wildman–Crippen MR) is 35.0 cm³/mol. The first-order chi connectivity index (χ1) is 5.20. The molecule has 0 radical (unpaired) electrons. The van der Waals surface area contributed by atoms with E-state index in [-0.39, 0.29) is 25.5 Å². The number of aliphatic carboxylic acids is 1. The molecule has 0 unspecified atom stereocenters. The summed E-state index contributed by atoms with van der Waals surface area (Å²) in [5, 5.41) is 10.9. The molecule has 1 aliphatic heterocycles. The molecular weight excluding hydrogens is 150 g/mol. The van der Waals surface area contributed by atoms with E-state index in [9.17, 15) is 9.59 Å². The summed E-state index contributed by atoms with van der Waals surface area (Å²) in [5.74, 6) is -1.19. The molecule has 0 aromatic heterocycles. The number of amides is 1. The van der Waals surface area contributed by atoms with Gasteiger partial charge < -0.3 is 15.2 Å². The van der Waals surface area contributed by atoms with Crippen molar-refractivity contribution in [3.8, 4) is 0 Å². The van der Waals surface area contributed by atoms with Crippen LogP contribution in [-0.2, 0) is 14.3 Å². The average Bonchev–Trinajstić information content (AvgIpc) is 2.13. The highest BCUT2D eigenvalue weighted by Gasteiger charge is 2.21. The third-order valence-corrected chi connectivity index (χ3v) is 1.41. The molecule has 1 rings (SSSR count). The number of carbonyl (C=O) groups excluding carboxylic acids is 1. The van der Waals surface area contributed by atoms with E-state index < -0.39 is 12.1 Å². The van der Waals surface area contributed by atoms with Gasteiger partial charge in [0.2, 0.25) is 5.91 Å². The van der Waals surface area contributed by atoms with Crippen molar-refractivity contribution in [3.63, 3.8) is 0 Å². The highest BCUT2D eigenvalue weighted by atomic mass is 16.5. The van der Waals surface area contributed by atoms with Crippen LogP contribution in [0.15, 0.2) is 0 Å². The van der Waals surface area contributed by atoms with E-state index in [1.807, 2.05) is 0 Å². The molecule has 1 aliphatic rings. The van der Waals surface area contributed by atoms with Crippen LogP contribution >= 0.6 is 0 Å². The van der Waals surface area contributed by atoms with Crippen LogP contribution in [-0.4, -0.2) is 36.2 Å². The van der Waals surface area contributed by atoms with Crippen molar-refractivity contribution in [2.45, 2.75) is 12.5 Å². The Balaban J connectivity index is 2.46. The summed E-state index contributed by atoms with van der Waals surface area (Å²) in [5.41, 5.74) is 0. The SMILES string of the molecule is O=C1CCO[C@H](C(=O)O)CN1. The molecule has 0 saturated carbocycles. The van der Waals surface area contributed by atoms with Crippen LogP contribution in [0.4, 0.5) is 0 Å². The van der Waals surface area contributed by atoms with E-state index in [2.05, 4.69) is 5.32 Å². The maximum absolute atomic E-state index is 10.7. The number of ether oxygens (including phenoxy) is 1. The van der Waals surface area contributed by atoms with Crippen molar-refractivity contribution >= 4 is 11.9 Å². The van der Waals surface area contributed by atoms with E-state index in [4.69, 9.17) is 9.84 Å². The Hall–Kier alpha value is -1.10. The van der Waals surface area contributed by atoms with Crippen molar-refractivity contribution in [3.05, 3.63) is 0 Å². The van der Waals surface area contributed by atoms with E-state index in [0.717, 1.165) is 0 Å². The average molecular weight is 159 g/mol. The molecule has 0 aliphatic carbocycles. The largest absolute Gasteiger partial charge is 0.479 e.